The number of nitrogens with zero attached hydrogens (tertiary/aromatic N) is 1. The molecule has 1 amide bonds. The fourth-order valence-electron chi connectivity index (χ4n) is 3.26. The largest absolute Gasteiger partial charge is 0.484 e. The molecule has 0 spiro atoms. The SMILES string of the molecule is CC1CNNC1C1CCN(C(=O)COc2ccc(F)cc2)C1. The molecule has 2 fully saturated rings. The van der Waals surface area contributed by atoms with E-state index in [4.69, 9.17) is 4.74 Å². The molecule has 3 unspecified atom stereocenters. The Balaban J connectivity index is 1.48. The van der Waals surface area contributed by atoms with Gasteiger partial charge < -0.3 is 9.64 Å². The van der Waals surface area contributed by atoms with Gasteiger partial charge in [-0.25, -0.2) is 4.39 Å². The van der Waals surface area contributed by atoms with Gasteiger partial charge in [0.2, 0.25) is 0 Å². The summed E-state index contributed by atoms with van der Waals surface area (Å²) in [6.07, 6.45) is 1.02. The van der Waals surface area contributed by atoms with Gasteiger partial charge >= 0.3 is 0 Å². The van der Waals surface area contributed by atoms with Gasteiger partial charge in [0.05, 0.1) is 0 Å². The van der Waals surface area contributed by atoms with Crippen LogP contribution in [-0.2, 0) is 4.79 Å². The van der Waals surface area contributed by atoms with Crippen LogP contribution in [0.4, 0.5) is 4.39 Å². The number of halogens is 1. The predicted molar refractivity (Wildman–Crippen MR) is 80.7 cm³/mol. The van der Waals surface area contributed by atoms with Crippen molar-refractivity contribution in [1.82, 2.24) is 15.8 Å². The van der Waals surface area contributed by atoms with E-state index in [2.05, 4.69) is 17.8 Å². The van der Waals surface area contributed by atoms with E-state index in [1.165, 1.54) is 24.3 Å². The molecule has 0 radical (unpaired) electrons. The van der Waals surface area contributed by atoms with Crippen LogP contribution >= 0.6 is 0 Å². The van der Waals surface area contributed by atoms with Gasteiger partial charge in [-0.1, -0.05) is 6.92 Å². The Morgan fingerprint density at radius 2 is 2.18 bits per heavy atom. The number of likely N-dealkylation sites (tertiary alicyclic amines) is 1. The van der Waals surface area contributed by atoms with Crippen LogP contribution in [-0.4, -0.2) is 43.1 Å². The maximum Gasteiger partial charge on any atom is 0.260 e. The van der Waals surface area contributed by atoms with Crippen molar-refractivity contribution in [3.05, 3.63) is 30.1 Å². The zero-order chi connectivity index (χ0) is 15.5. The average molecular weight is 307 g/mol. The summed E-state index contributed by atoms with van der Waals surface area (Å²) in [7, 11) is 0. The highest BCUT2D eigenvalue weighted by Crippen LogP contribution is 2.25. The maximum absolute atomic E-state index is 12.8. The summed E-state index contributed by atoms with van der Waals surface area (Å²) < 4.78 is 18.2. The highest BCUT2D eigenvalue weighted by Gasteiger charge is 2.36. The molecule has 0 aliphatic carbocycles. The Labute approximate surface area is 129 Å². The van der Waals surface area contributed by atoms with Crippen molar-refractivity contribution in [2.75, 3.05) is 26.2 Å². The minimum absolute atomic E-state index is 0.00422. The first-order valence-corrected chi connectivity index (χ1v) is 7.78. The Morgan fingerprint density at radius 1 is 1.41 bits per heavy atom. The van der Waals surface area contributed by atoms with E-state index in [1.54, 1.807) is 0 Å². The number of amides is 1. The highest BCUT2D eigenvalue weighted by atomic mass is 19.1. The third kappa shape index (κ3) is 3.39. The van der Waals surface area contributed by atoms with Crippen LogP contribution in [0.5, 0.6) is 5.75 Å². The van der Waals surface area contributed by atoms with Crippen LogP contribution in [0.3, 0.4) is 0 Å². The Hall–Kier alpha value is -1.66. The standard InChI is InChI=1S/C16H22FN3O2/c1-11-8-18-19-16(11)12-6-7-20(9-12)15(21)10-22-14-4-2-13(17)3-5-14/h2-5,11-12,16,18-19H,6-10H2,1H3. The second-order valence-electron chi connectivity index (χ2n) is 6.16. The average Bonchev–Trinajstić information content (AvgIpc) is 3.15. The first kappa shape index (κ1) is 15.2. The lowest BCUT2D eigenvalue weighted by atomic mass is 9.90. The Morgan fingerprint density at radius 3 is 2.86 bits per heavy atom. The van der Waals surface area contributed by atoms with E-state index < -0.39 is 0 Å². The monoisotopic (exact) mass is 307 g/mol. The van der Waals surface area contributed by atoms with Crippen molar-refractivity contribution < 1.29 is 13.9 Å². The van der Waals surface area contributed by atoms with Gasteiger partial charge in [0.15, 0.2) is 6.61 Å². The molecular weight excluding hydrogens is 285 g/mol. The molecule has 1 aromatic rings. The highest BCUT2D eigenvalue weighted by molar-refractivity contribution is 5.78. The van der Waals surface area contributed by atoms with Crippen LogP contribution in [0.2, 0.25) is 0 Å². The number of carbonyl (C=O) groups excluding carboxylic acids is 1. The summed E-state index contributed by atoms with van der Waals surface area (Å²) in [5.74, 6) is 1.26. The van der Waals surface area contributed by atoms with Crippen molar-refractivity contribution in [1.29, 1.82) is 0 Å². The van der Waals surface area contributed by atoms with Crippen molar-refractivity contribution in [3.8, 4) is 5.75 Å². The number of benzene rings is 1. The van der Waals surface area contributed by atoms with Crippen molar-refractivity contribution in [2.45, 2.75) is 19.4 Å². The van der Waals surface area contributed by atoms with Gasteiger partial charge in [0.1, 0.15) is 11.6 Å². The van der Waals surface area contributed by atoms with E-state index in [-0.39, 0.29) is 18.3 Å². The maximum atomic E-state index is 12.8. The quantitative estimate of drug-likeness (QED) is 0.877. The summed E-state index contributed by atoms with van der Waals surface area (Å²) in [6, 6.07) is 6.14. The minimum atomic E-state index is -0.312. The molecule has 2 saturated heterocycles. The van der Waals surface area contributed by atoms with Crippen LogP contribution < -0.4 is 15.6 Å². The fourth-order valence-corrected chi connectivity index (χ4v) is 3.26. The smallest absolute Gasteiger partial charge is 0.260 e. The number of hydrogen-bond acceptors (Lipinski definition) is 4. The molecule has 2 heterocycles. The van der Waals surface area contributed by atoms with Crippen LogP contribution in [0, 0.1) is 17.7 Å². The normalized spacial score (nSPS) is 28.1. The topological polar surface area (TPSA) is 53.6 Å². The Kier molecular flexibility index (Phi) is 4.59. The predicted octanol–water partition coefficient (Wildman–Crippen LogP) is 1.17. The first-order chi connectivity index (χ1) is 10.6. The zero-order valence-electron chi connectivity index (χ0n) is 12.7. The molecule has 2 aliphatic heterocycles. The van der Waals surface area contributed by atoms with E-state index in [1.807, 2.05) is 4.90 Å². The second-order valence-corrected chi connectivity index (χ2v) is 6.16. The summed E-state index contributed by atoms with van der Waals surface area (Å²) in [5.41, 5.74) is 6.50. The molecule has 120 valence electrons. The molecule has 0 bridgehead atoms. The fraction of sp³-hybridized carbons (Fsp3) is 0.562. The lowest BCUT2D eigenvalue weighted by Gasteiger charge is -2.22. The van der Waals surface area contributed by atoms with Crippen molar-refractivity contribution >= 4 is 5.91 Å². The van der Waals surface area contributed by atoms with E-state index in [9.17, 15) is 9.18 Å². The molecule has 2 N–H and O–H groups in total. The molecule has 5 nitrogen and oxygen atoms in total. The zero-order valence-corrected chi connectivity index (χ0v) is 12.7. The van der Waals surface area contributed by atoms with Crippen LogP contribution in [0.15, 0.2) is 24.3 Å². The van der Waals surface area contributed by atoms with E-state index in [0.717, 1.165) is 26.1 Å². The van der Waals surface area contributed by atoms with Crippen molar-refractivity contribution in [2.24, 2.45) is 11.8 Å². The first-order valence-electron chi connectivity index (χ1n) is 7.78. The van der Waals surface area contributed by atoms with Gasteiger partial charge in [-0.2, -0.15) is 0 Å². The summed E-state index contributed by atoms with van der Waals surface area (Å²) in [4.78, 5) is 14.1. The van der Waals surface area contributed by atoms with Crippen molar-refractivity contribution in [3.63, 3.8) is 0 Å². The van der Waals surface area contributed by atoms with Gasteiger partial charge in [-0.3, -0.25) is 15.6 Å². The molecule has 0 aromatic heterocycles. The second kappa shape index (κ2) is 6.62. The number of carbonyl (C=O) groups is 1. The van der Waals surface area contributed by atoms with E-state index >= 15 is 0 Å². The lowest BCUT2D eigenvalue weighted by Crippen LogP contribution is -2.40. The number of ether oxygens (including phenoxy) is 1. The van der Waals surface area contributed by atoms with Gasteiger partial charge in [0.25, 0.3) is 5.91 Å². The van der Waals surface area contributed by atoms with Crippen LogP contribution in [0.25, 0.3) is 0 Å². The van der Waals surface area contributed by atoms with Gasteiger partial charge in [0, 0.05) is 25.7 Å². The molecule has 3 rings (SSSR count). The number of rotatable bonds is 4. The van der Waals surface area contributed by atoms with Gasteiger partial charge in [-0.05, 0) is 42.5 Å². The summed E-state index contributed by atoms with van der Waals surface area (Å²) in [6.45, 7) is 4.75. The molecule has 0 saturated carbocycles. The summed E-state index contributed by atoms with van der Waals surface area (Å²) >= 11 is 0. The third-order valence-electron chi connectivity index (χ3n) is 4.57. The number of nitrogens with one attached hydrogen (secondary N) is 2. The Bertz CT molecular complexity index is 523. The number of hydrogen-bond donors (Lipinski definition) is 2. The molecule has 6 heteroatoms. The van der Waals surface area contributed by atoms with Gasteiger partial charge in [-0.15, -0.1) is 0 Å². The number of hydrazine groups is 1. The minimum Gasteiger partial charge on any atom is -0.484 e. The molecule has 2 aliphatic rings. The van der Waals surface area contributed by atoms with Crippen LogP contribution in [0.1, 0.15) is 13.3 Å². The van der Waals surface area contributed by atoms with E-state index in [0.29, 0.717) is 23.6 Å². The molecule has 1 aromatic carbocycles. The third-order valence-corrected chi connectivity index (χ3v) is 4.57. The molecule has 3 atom stereocenters. The lowest BCUT2D eigenvalue weighted by molar-refractivity contribution is -0.132. The molecular formula is C16H22FN3O2. The molecule has 22 heavy (non-hydrogen) atoms. The summed E-state index contributed by atoms with van der Waals surface area (Å²) in [5, 5.41) is 0.